The lowest BCUT2D eigenvalue weighted by Gasteiger charge is -2.15. The Bertz CT molecular complexity index is 622. The van der Waals surface area contributed by atoms with Crippen LogP contribution in [0.25, 0.3) is 0 Å². The second-order valence-electron chi connectivity index (χ2n) is 5.17. The topological polar surface area (TPSA) is 47.6 Å². The number of benzene rings is 2. The first kappa shape index (κ1) is 15.9. The van der Waals surface area contributed by atoms with Gasteiger partial charge in [0.1, 0.15) is 11.5 Å². The Kier molecular flexibility index (Phi) is 5.42. The first-order valence-corrected chi connectivity index (χ1v) is 7.21. The summed E-state index contributed by atoms with van der Waals surface area (Å²) < 4.78 is 10.6. The number of nitrogens with one attached hydrogen (secondary N) is 1. The van der Waals surface area contributed by atoms with Gasteiger partial charge in [-0.25, -0.2) is 0 Å². The summed E-state index contributed by atoms with van der Waals surface area (Å²) in [5.41, 5.74) is 2.27. The monoisotopic (exact) mass is 299 g/mol. The molecule has 0 fully saturated rings. The second-order valence-corrected chi connectivity index (χ2v) is 5.17. The first-order valence-electron chi connectivity index (χ1n) is 7.21. The van der Waals surface area contributed by atoms with E-state index in [9.17, 15) is 4.79 Å². The molecule has 0 aromatic heterocycles. The normalized spacial score (nSPS) is 11.6. The summed E-state index contributed by atoms with van der Waals surface area (Å²) in [7, 11) is 1.59. The van der Waals surface area contributed by atoms with Crippen molar-refractivity contribution in [1.82, 2.24) is 5.32 Å². The summed E-state index contributed by atoms with van der Waals surface area (Å²) in [6.45, 7) is 3.96. The Labute approximate surface area is 131 Å². The molecule has 1 N–H and O–H groups in total. The van der Waals surface area contributed by atoms with E-state index < -0.39 is 0 Å². The lowest BCUT2D eigenvalue weighted by Crippen LogP contribution is -2.31. The van der Waals surface area contributed by atoms with E-state index in [-0.39, 0.29) is 18.6 Å². The highest BCUT2D eigenvalue weighted by molar-refractivity contribution is 5.78. The third-order valence-corrected chi connectivity index (χ3v) is 3.37. The first-order chi connectivity index (χ1) is 10.6. The Morgan fingerprint density at radius 2 is 1.82 bits per heavy atom. The molecule has 1 atom stereocenters. The Balaban J connectivity index is 1.85. The van der Waals surface area contributed by atoms with Crippen LogP contribution >= 0.6 is 0 Å². The quantitative estimate of drug-likeness (QED) is 0.890. The van der Waals surface area contributed by atoms with Crippen LogP contribution in [0.15, 0.2) is 48.5 Å². The molecule has 0 aliphatic rings. The number of carbonyl (C=O) groups is 1. The van der Waals surface area contributed by atoms with Crippen molar-refractivity contribution in [1.29, 1.82) is 0 Å². The molecule has 2 aromatic carbocycles. The minimum Gasteiger partial charge on any atom is -0.497 e. The molecule has 0 spiro atoms. The highest BCUT2D eigenvalue weighted by Crippen LogP contribution is 2.19. The maximum Gasteiger partial charge on any atom is 0.258 e. The molecule has 0 unspecified atom stereocenters. The third kappa shape index (κ3) is 4.52. The lowest BCUT2D eigenvalue weighted by molar-refractivity contribution is -0.123. The molecule has 22 heavy (non-hydrogen) atoms. The van der Waals surface area contributed by atoms with Gasteiger partial charge in [0, 0.05) is 6.07 Å². The SMILES string of the molecule is COc1cccc(OCC(=O)N[C@H](C)c2ccc(C)cc2)c1. The van der Waals surface area contributed by atoms with Gasteiger partial charge in [-0.2, -0.15) is 0 Å². The summed E-state index contributed by atoms with van der Waals surface area (Å²) in [6, 6.07) is 15.2. The van der Waals surface area contributed by atoms with Gasteiger partial charge in [0.2, 0.25) is 0 Å². The van der Waals surface area contributed by atoms with Gasteiger partial charge in [-0.1, -0.05) is 35.9 Å². The fourth-order valence-electron chi connectivity index (χ4n) is 2.06. The van der Waals surface area contributed by atoms with Crippen molar-refractivity contribution in [3.8, 4) is 11.5 Å². The predicted octanol–water partition coefficient (Wildman–Crippen LogP) is 3.26. The molecule has 116 valence electrons. The van der Waals surface area contributed by atoms with Crippen molar-refractivity contribution in [2.24, 2.45) is 0 Å². The number of methoxy groups -OCH3 is 1. The van der Waals surface area contributed by atoms with E-state index >= 15 is 0 Å². The van der Waals surface area contributed by atoms with Crippen LogP contribution in [0.2, 0.25) is 0 Å². The molecule has 4 heteroatoms. The van der Waals surface area contributed by atoms with Gasteiger partial charge in [0.05, 0.1) is 13.2 Å². The second kappa shape index (κ2) is 7.50. The molecule has 0 bridgehead atoms. The van der Waals surface area contributed by atoms with Crippen LogP contribution in [0, 0.1) is 6.92 Å². The van der Waals surface area contributed by atoms with Crippen LogP contribution in [-0.4, -0.2) is 19.6 Å². The minimum absolute atomic E-state index is 0.0244. The molecule has 0 saturated carbocycles. The molecule has 0 radical (unpaired) electrons. The average Bonchev–Trinajstić information content (AvgIpc) is 2.53. The number of hydrogen-bond acceptors (Lipinski definition) is 3. The molecule has 0 saturated heterocycles. The molecular formula is C18H21NO3. The summed E-state index contributed by atoms with van der Waals surface area (Å²) >= 11 is 0. The summed E-state index contributed by atoms with van der Waals surface area (Å²) in [5.74, 6) is 1.15. The largest absolute Gasteiger partial charge is 0.497 e. The van der Waals surface area contributed by atoms with Crippen molar-refractivity contribution in [3.63, 3.8) is 0 Å². The molecular weight excluding hydrogens is 278 g/mol. The van der Waals surface area contributed by atoms with Crippen LogP contribution in [0.3, 0.4) is 0 Å². The third-order valence-electron chi connectivity index (χ3n) is 3.37. The molecule has 2 rings (SSSR count). The number of rotatable bonds is 6. The van der Waals surface area contributed by atoms with E-state index in [0.717, 1.165) is 5.56 Å². The maximum absolute atomic E-state index is 12.0. The summed E-state index contributed by atoms with van der Waals surface area (Å²) in [6.07, 6.45) is 0. The van der Waals surface area contributed by atoms with E-state index in [1.54, 1.807) is 19.2 Å². The van der Waals surface area contributed by atoms with Crippen LogP contribution in [0.4, 0.5) is 0 Å². The fourth-order valence-corrected chi connectivity index (χ4v) is 2.06. The van der Waals surface area contributed by atoms with E-state index in [1.165, 1.54) is 5.56 Å². The fraction of sp³-hybridized carbons (Fsp3) is 0.278. The van der Waals surface area contributed by atoms with Crippen LogP contribution in [0.5, 0.6) is 11.5 Å². The van der Waals surface area contributed by atoms with Gasteiger partial charge in [-0.3, -0.25) is 4.79 Å². The maximum atomic E-state index is 12.0. The predicted molar refractivity (Wildman–Crippen MR) is 86.2 cm³/mol. The molecule has 2 aromatic rings. The Morgan fingerprint density at radius 1 is 1.14 bits per heavy atom. The van der Waals surface area contributed by atoms with E-state index in [0.29, 0.717) is 11.5 Å². The standard InChI is InChI=1S/C18H21NO3/c1-13-7-9-15(10-8-13)14(2)19-18(20)12-22-17-6-4-5-16(11-17)21-3/h4-11,14H,12H2,1-3H3,(H,19,20)/t14-/m1/s1. The zero-order valence-electron chi connectivity index (χ0n) is 13.1. The molecule has 1 amide bonds. The smallest absolute Gasteiger partial charge is 0.258 e. The zero-order valence-corrected chi connectivity index (χ0v) is 13.1. The lowest BCUT2D eigenvalue weighted by atomic mass is 10.1. The van der Waals surface area contributed by atoms with Crippen molar-refractivity contribution in [3.05, 3.63) is 59.7 Å². The summed E-state index contributed by atoms with van der Waals surface area (Å²) in [5, 5.41) is 2.92. The van der Waals surface area contributed by atoms with E-state index in [1.807, 2.05) is 50.2 Å². The van der Waals surface area contributed by atoms with Gasteiger partial charge in [-0.15, -0.1) is 0 Å². The van der Waals surface area contributed by atoms with E-state index in [2.05, 4.69) is 5.32 Å². The average molecular weight is 299 g/mol. The Morgan fingerprint density at radius 3 is 2.50 bits per heavy atom. The molecule has 4 nitrogen and oxygen atoms in total. The van der Waals surface area contributed by atoms with Gasteiger partial charge in [-0.05, 0) is 31.5 Å². The van der Waals surface area contributed by atoms with Crippen LogP contribution in [-0.2, 0) is 4.79 Å². The highest BCUT2D eigenvalue weighted by Gasteiger charge is 2.10. The van der Waals surface area contributed by atoms with Crippen molar-refractivity contribution >= 4 is 5.91 Å². The van der Waals surface area contributed by atoms with Gasteiger partial charge in [0.25, 0.3) is 5.91 Å². The van der Waals surface area contributed by atoms with Gasteiger partial charge in [0.15, 0.2) is 6.61 Å². The molecule has 0 aliphatic carbocycles. The number of carbonyl (C=O) groups excluding carboxylic acids is 1. The van der Waals surface area contributed by atoms with Gasteiger partial charge >= 0.3 is 0 Å². The van der Waals surface area contributed by atoms with E-state index in [4.69, 9.17) is 9.47 Å². The van der Waals surface area contributed by atoms with Crippen molar-refractivity contribution < 1.29 is 14.3 Å². The summed E-state index contributed by atoms with van der Waals surface area (Å²) in [4.78, 5) is 12.0. The Hall–Kier alpha value is -2.49. The minimum atomic E-state index is -0.157. The molecule has 0 heterocycles. The van der Waals surface area contributed by atoms with Gasteiger partial charge < -0.3 is 14.8 Å². The zero-order chi connectivity index (χ0) is 15.9. The number of hydrogen-bond donors (Lipinski definition) is 1. The van der Waals surface area contributed by atoms with Crippen LogP contribution < -0.4 is 14.8 Å². The number of ether oxygens (including phenoxy) is 2. The number of amides is 1. The van der Waals surface area contributed by atoms with Crippen molar-refractivity contribution in [2.75, 3.05) is 13.7 Å². The molecule has 0 aliphatic heterocycles. The van der Waals surface area contributed by atoms with Crippen molar-refractivity contribution in [2.45, 2.75) is 19.9 Å². The van der Waals surface area contributed by atoms with Crippen LogP contribution in [0.1, 0.15) is 24.1 Å². The highest BCUT2D eigenvalue weighted by atomic mass is 16.5. The number of aryl methyl sites for hydroxylation is 1.